The van der Waals surface area contributed by atoms with Crippen LogP contribution in [0, 0.1) is 11.3 Å². The fraction of sp³-hybridized carbons (Fsp3) is 0.300. The highest BCUT2D eigenvalue weighted by Gasteiger charge is 2.21. The van der Waals surface area contributed by atoms with Crippen molar-refractivity contribution in [2.75, 3.05) is 11.9 Å². The summed E-state index contributed by atoms with van der Waals surface area (Å²) in [7, 11) is 0. The molecule has 1 aromatic rings. The first-order valence-electron chi connectivity index (χ1n) is 4.15. The molecule has 3 nitrogen and oxygen atoms in total. The molecule has 0 aliphatic carbocycles. The normalized spacial score (nSPS) is 14.1. The number of nitrogens with zero attached hydrogens (tertiary/aromatic N) is 1. The highest BCUT2D eigenvalue weighted by Crippen LogP contribution is 2.17. The molecule has 0 saturated heterocycles. The molecule has 2 N–H and O–H groups in total. The van der Waals surface area contributed by atoms with Gasteiger partial charge in [-0.15, -0.1) is 0 Å². The molecule has 0 aliphatic rings. The summed E-state index contributed by atoms with van der Waals surface area (Å²) in [6.45, 7) is 1.43. The Morgan fingerprint density at radius 1 is 1.50 bits per heavy atom. The van der Waals surface area contributed by atoms with E-state index in [1.807, 2.05) is 30.3 Å². The first-order chi connectivity index (χ1) is 6.59. The van der Waals surface area contributed by atoms with Crippen LogP contribution in [-0.2, 0) is 0 Å². The molecule has 1 unspecified atom stereocenters. The van der Waals surface area contributed by atoms with Crippen molar-refractivity contribution in [2.45, 2.75) is 12.5 Å². The predicted molar refractivity (Wildman–Crippen MR) is 58.9 cm³/mol. The van der Waals surface area contributed by atoms with Crippen LogP contribution >= 0.6 is 15.9 Å². The van der Waals surface area contributed by atoms with Gasteiger partial charge in [-0.1, -0.05) is 15.9 Å². The lowest BCUT2D eigenvalue weighted by Crippen LogP contribution is -2.36. The average molecular weight is 255 g/mol. The Hall–Kier alpha value is -1.05. The van der Waals surface area contributed by atoms with E-state index in [2.05, 4.69) is 21.2 Å². The number of hydrogen-bond acceptors (Lipinski definition) is 3. The standard InChI is InChI=1S/C10H11BrN2O/c1-10(6-12,7-14)13-9-4-2-8(11)3-5-9/h2-5,13-14H,7H2,1H3. The van der Waals surface area contributed by atoms with E-state index in [1.165, 1.54) is 0 Å². The van der Waals surface area contributed by atoms with Gasteiger partial charge in [0, 0.05) is 10.2 Å². The van der Waals surface area contributed by atoms with Gasteiger partial charge in [0.25, 0.3) is 0 Å². The molecule has 0 radical (unpaired) electrons. The maximum absolute atomic E-state index is 9.01. The Morgan fingerprint density at radius 2 is 2.07 bits per heavy atom. The van der Waals surface area contributed by atoms with E-state index in [9.17, 15) is 0 Å². The number of aliphatic hydroxyl groups is 1. The van der Waals surface area contributed by atoms with E-state index >= 15 is 0 Å². The van der Waals surface area contributed by atoms with Crippen LogP contribution in [-0.4, -0.2) is 17.3 Å². The van der Waals surface area contributed by atoms with Crippen LogP contribution in [0.25, 0.3) is 0 Å². The van der Waals surface area contributed by atoms with Gasteiger partial charge in [0.1, 0.15) is 5.54 Å². The molecule has 74 valence electrons. The molecular formula is C10H11BrN2O. The van der Waals surface area contributed by atoms with E-state index in [-0.39, 0.29) is 6.61 Å². The molecule has 0 fully saturated rings. The number of rotatable bonds is 3. The summed E-state index contributed by atoms with van der Waals surface area (Å²) in [6.07, 6.45) is 0. The zero-order valence-corrected chi connectivity index (χ0v) is 9.37. The largest absolute Gasteiger partial charge is 0.393 e. The summed E-state index contributed by atoms with van der Waals surface area (Å²) in [6, 6.07) is 9.45. The van der Waals surface area contributed by atoms with E-state index in [0.29, 0.717) is 0 Å². The van der Waals surface area contributed by atoms with Crippen molar-refractivity contribution < 1.29 is 5.11 Å². The Labute approximate surface area is 91.5 Å². The summed E-state index contributed by atoms with van der Waals surface area (Å²) in [5, 5.41) is 20.8. The van der Waals surface area contributed by atoms with Crippen LogP contribution in [0.4, 0.5) is 5.69 Å². The van der Waals surface area contributed by atoms with Gasteiger partial charge in [0.2, 0.25) is 0 Å². The quantitative estimate of drug-likeness (QED) is 0.869. The summed E-state index contributed by atoms with van der Waals surface area (Å²) >= 11 is 3.32. The minimum absolute atomic E-state index is 0.223. The van der Waals surface area contributed by atoms with Crippen molar-refractivity contribution in [1.29, 1.82) is 5.26 Å². The number of benzene rings is 1. The summed E-state index contributed by atoms with van der Waals surface area (Å²) in [4.78, 5) is 0. The summed E-state index contributed by atoms with van der Waals surface area (Å²) < 4.78 is 0.978. The summed E-state index contributed by atoms with van der Waals surface area (Å²) in [5.74, 6) is 0. The third kappa shape index (κ3) is 2.72. The van der Waals surface area contributed by atoms with Gasteiger partial charge in [0.05, 0.1) is 12.7 Å². The van der Waals surface area contributed by atoms with E-state index < -0.39 is 5.54 Å². The molecule has 0 amide bonds. The molecular weight excluding hydrogens is 244 g/mol. The molecule has 1 aromatic carbocycles. The van der Waals surface area contributed by atoms with Gasteiger partial charge >= 0.3 is 0 Å². The molecule has 0 aliphatic heterocycles. The lowest BCUT2D eigenvalue weighted by Gasteiger charge is -2.21. The molecule has 0 spiro atoms. The van der Waals surface area contributed by atoms with Crippen LogP contribution < -0.4 is 5.32 Å². The maximum atomic E-state index is 9.01. The first-order valence-corrected chi connectivity index (χ1v) is 4.95. The third-order valence-electron chi connectivity index (χ3n) is 1.83. The number of halogens is 1. The second-order valence-corrected chi connectivity index (χ2v) is 4.15. The Morgan fingerprint density at radius 3 is 2.50 bits per heavy atom. The lowest BCUT2D eigenvalue weighted by molar-refractivity contribution is 0.253. The number of nitriles is 1. The zero-order chi connectivity index (χ0) is 10.6. The number of aliphatic hydroxyl groups excluding tert-OH is 1. The van der Waals surface area contributed by atoms with Gasteiger partial charge in [-0.3, -0.25) is 0 Å². The van der Waals surface area contributed by atoms with Crippen molar-refractivity contribution in [3.8, 4) is 6.07 Å². The highest BCUT2D eigenvalue weighted by molar-refractivity contribution is 9.10. The van der Waals surface area contributed by atoms with Crippen molar-refractivity contribution in [2.24, 2.45) is 0 Å². The smallest absolute Gasteiger partial charge is 0.145 e. The Kier molecular flexibility index (Phi) is 3.50. The molecule has 14 heavy (non-hydrogen) atoms. The van der Waals surface area contributed by atoms with Crippen LogP contribution in [0.2, 0.25) is 0 Å². The van der Waals surface area contributed by atoms with Gasteiger partial charge in [-0.05, 0) is 31.2 Å². The molecule has 4 heteroatoms. The fourth-order valence-electron chi connectivity index (χ4n) is 0.955. The van der Waals surface area contributed by atoms with Gasteiger partial charge < -0.3 is 10.4 Å². The van der Waals surface area contributed by atoms with E-state index in [4.69, 9.17) is 10.4 Å². The molecule has 0 bridgehead atoms. The van der Waals surface area contributed by atoms with E-state index in [1.54, 1.807) is 6.92 Å². The SMILES string of the molecule is CC(C#N)(CO)Nc1ccc(Br)cc1. The molecule has 1 rings (SSSR count). The fourth-order valence-corrected chi connectivity index (χ4v) is 1.22. The van der Waals surface area contributed by atoms with Crippen LogP contribution in [0.1, 0.15) is 6.92 Å². The van der Waals surface area contributed by atoms with Crippen molar-refractivity contribution >= 4 is 21.6 Å². The molecule has 0 heterocycles. The molecule has 0 aromatic heterocycles. The van der Waals surface area contributed by atoms with Crippen molar-refractivity contribution in [3.63, 3.8) is 0 Å². The number of hydrogen-bond donors (Lipinski definition) is 2. The lowest BCUT2D eigenvalue weighted by atomic mass is 10.1. The zero-order valence-electron chi connectivity index (χ0n) is 7.79. The molecule has 1 atom stereocenters. The van der Waals surface area contributed by atoms with Gasteiger partial charge in [-0.2, -0.15) is 5.26 Å². The first kappa shape index (κ1) is 11.0. The topological polar surface area (TPSA) is 56.0 Å². The molecule has 0 saturated carbocycles. The van der Waals surface area contributed by atoms with E-state index in [0.717, 1.165) is 10.2 Å². The number of nitrogens with one attached hydrogen (secondary N) is 1. The monoisotopic (exact) mass is 254 g/mol. The average Bonchev–Trinajstić information content (AvgIpc) is 2.21. The Balaban J connectivity index is 2.79. The second-order valence-electron chi connectivity index (χ2n) is 3.23. The van der Waals surface area contributed by atoms with Crippen LogP contribution in [0.3, 0.4) is 0 Å². The minimum Gasteiger partial charge on any atom is -0.393 e. The predicted octanol–water partition coefficient (Wildman–Crippen LogP) is 2.14. The minimum atomic E-state index is -0.923. The number of anilines is 1. The van der Waals surface area contributed by atoms with Gasteiger partial charge in [-0.25, -0.2) is 0 Å². The van der Waals surface area contributed by atoms with Crippen molar-refractivity contribution in [1.82, 2.24) is 0 Å². The van der Waals surface area contributed by atoms with Gasteiger partial charge in [0.15, 0.2) is 0 Å². The second kappa shape index (κ2) is 4.45. The Bertz CT molecular complexity index is 344. The van der Waals surface area contributed by atoms with Crippen LogP contribution in [0.15, 0.2) is 28.7 Å². The van der Waals surface area contributed by atoms with Crippen molar-refractivity contribution in [3.05, 3.63) is 28.7 Å². The maximum Gasteiger partial charge on any atom is 0.145 e. The third-order valence-corrected chi connectivity index (χ3v) is 2.36. The summed E-state index contributed by atoms with van der Waals surface area (Å²) in [5.41, 5.74) is -0.111. The van der Waals surface area contributed by atoms with Crippen LogP contribution in [0.5, 0.6) is 0 Å². The highest BCUT2D eigenvalue weighted by atomic mass is 79.9.